The summed E-state index contributed by atoms with van der Waals surface area (Å²) in [5, 5.41) is 8.53. The number of hydrogen-bond acceptors (Lipinski definition) is 4. The Hall–Kier alpha value is -1.36. The maximum absolute atomic E-state index is 10.4. The molecule has 0 aliphatic carbocycles. The molecule has 0 aliphatic rings. The highest BCUT2D eigenvalue weighted by Crippen LogP contribution is 2.13. The quantitative estimate of drug-likeness (QED) is 0.646. The summed E-state index contributed by atoms with van der Waals surface area (Å²) in [6.45, 7) is 1.63. The summed E-state index contributed by atoms with van der Waals surface area (Å²) in [5.41, 5.74) is 5.29. The minimum absolute atomic E-state index is 0.111. The Morgan fingerprint density at radius 3 is 2.91 bits per heavy atom. The summed E-state index contributed by atoms with van der Waals surface area (Å²) in [5.74, 6) is -0.913. The van der Waals surface area contributed by atoms with Gasteiger partial charge < -0.3 is 15.3 Å². The molecular formula is C6H8N2O3. The first-order valence-electron chi connectivity index (χ1n) is 3.05. The molecule has 3 N–H and O–H groups in total. The van der Waals surface area contributed by atoms with Crippen molar-refractivity contribution in [1.29, 1.82) is 0 Å². The van der Waals surface area contributed by atoms with Gasteiger partial charge in [-0.25, -0.2) is 9.78 Å². The SMILES string of the molecule is C[C@H](N)c1ocnc1C(=O)O. The maximum Gasteiger partial charge on any atom is 0.358 e. The predicted molar refractivity (Wildman–Crippen MR) is 36.1 cm³/mol. The second-order valence-corrected chi connectivity index (χ2v) is 2.16. The third-order valence-corrected chi connectivity index (χ3v) is 1.21. The van der Waals surface area contributed by atoms with Crippen LogP contribution in [0.25, 0.3) is 0 Å². The molecule has 1 atom stereocenters. The van der Waals surface area contributed by atoms with Gasteiger partial charge in [0.05, 0.1) is 6.04 Å². The molecule has 0 radical (unpaired) electrons. The molecule has 60 valence electrons. The van der Waals surface area contributed by atoms with Crippen LogP contribution in [0.1, 0.15) is 29.2 Å². The normalized spacial score (nSPS) is 12.9. The van der Waals surface area contributed by atoms with Gasteiger partial charge >= 0.3 is 5.97 Å². The van der Waals surface area contributed by atoms with Crippen LogP contribution < -0.4 is 5.73 Å². The molecule has 5 heteroatoms. The van der Waals surface area contributed by atoms with Crippen molar-refractivity contribution in [1.82, 2.24) is 4.98 Å². The van der Waals surface area contributed by atoms with Crippen LogP contribution >= 0.6 is 0 Å². The maximum atomic E-state index is 10.4. The van der Waals surface area contributed by atoms with E-state index in [4.69, 9.17) is 15.3 Å². The van der Waals surface area contributed by atoms with Gasteiger partial charge in [-0.3, -0.25) is 0 Å². The molecule has 0 fully saturated rings. The Kier molecular flexibility index (Phi) is 1.91. The lowest BCUT2D eigenvalue weighted by Gasteiger charge is -1.98. The van der Waals surface area contributed by atoms with Crippen LogP contribution in [-0.2, 0) is 0 Å². The van der Waals surface area contributed by atoms with Gasteiger partial charge in [-0.05, 0) is 6.92 Å². The average molecular weight is 156 g/mol. The number of carbonyl (C=O) groups is 1. The van der Waals surface area contributed by atoms with Crippen molar-refractivity contribution in [3.8, 4) is 0 Å². The monoisotopic (exact) mass is 156 g/mol. The van der Waals surface area contributed by atoms with Crippen molar-refractivity contribution < 1.29 is 14.3 Å². The van der Waals surface area contributed by atoms with Crippen LogP contribution in [0.5, 0.6) is 0 Å². The van der Waals surface area contributed by atoms with Crippen LogP contribution in [0, 0.1) is 0 Å². The Balaban J connectivity index is 3.06. The zero-order valence-electron chi connectivity index (χ0n) is 5.94. The van der Waals surface area contributed by atoms with Gasteiger partial charge in [0.2, 0.25) is 0 Å². The second-order valence-electron chi connectivity index (χ2n) is 2.16. The summed E-state index contributed by atoms with van der Waals surface area (Å²) in [6, 6.07) is -0.441. The van der Waals surface area contributed by atoms with Crippen molar-refractivity contribution >= 4 is 5.97 Å². The number of carboxylic acids is 1. The van der Waals surface area contributed by atoms with Crippen molar-refractivity contribution in [3.05, 3.63) is 17.8 Å². The summed E-state index contributed by atoms with van der Waals surface area (Å²) < 4.78 is 4.77. The molecule has 5 nitrogen and oxygen atoms in total. The summed E-state index contributed by atoms with van der Waals surface area (Å²) in [4.78, 5) is 13.9. The molecule has 0 unspecified atom stereocenters. The molecule has 1 aromatic heterocycles. The fraction of sp³-hybridized carbons (Fsp3) is 0.333. The first kappa shape index (κ1) is 7.74. The molecule has 1 heterocycles. The van der Waals surface area contributed by atoms with Crippen molar-refractivity contribution in [2.24, 2.45) is 5.73 Å². The van der Waals surface area contributed by atoms with E-state index in [1.165, 1.54) is 0 Å². The van der Waals surface area contributed by atoms with Crippen LogP contribution in [0.4, 0.5) is 0 Å². The van der Waals surface area contributed by atoms with Crippen LogP contribution in [0.15, 0.2) is 10.8 Å². The van der Waals surface area contributed by atoms with E-state index >= 15 is 0 Å². The molecule has 0 aliphatic heterocycles. The number of aromatic nitrogens is 1. The fourth-order valence-corrected chi connectivity index (χ4v) is 0.739. The predicted octanol–water partition coefficient (Wildman–Crippen LogP) is 0.393. The van der Waals surface area contributed by atoms with Gasteiger partial charge in [-0.2, -0.15) is 0 Å². The molecule has 0 bridgehead atoms. The first-order valence-corrected chi connectivity index (χ1v) is 3.05. The topological polar surface area (TPSA) is 89.4 Å². The fourth-order valence-electron chi connectivity index (χ4n) is 0.739. The molecule has 1 rings (SSSR count). The number of rotatable bonds is 2. The van der Waals surface area contributed by atoms with Crippen molar-refractivity contribution in [2.75, 3.05) is 0 Å². The Labute approximate surface area is 62.8 Å². The average Bonchev–Trinajstić information content (AvgIpc) is 2.32. The van der Waals surface area contributed by atoms with E-state index in [9.17, 15) is 4.79 Å². The lowest BCUT2D eigenvalue weighted by molar-refractivity contribution is 0.0688. The first-order chi connectivity index (χ1) is 5.13. The number of oxazole rings is 1. The zero-order chi connectivity index (χ0) is 8.43. The standard InChI is InChI=1S/C6H8N2O3/c1-3(7)5-4(6(9)10)8-2-11-5/h2-3H,7H2,1H3,(H,9,10)/t3-/m0/s1. The van der Waals surface area contributed by atoms with Gasteiger partial charge in [0.15, 0.2) is 17.8 Å². The van der Waals surface area contributed by atoms with E-state index in [2.05, 4.69) is 4.98 Å². The Morgan fingerprint density at radius 1 is 1.91 bits per heavy atom. The smallest absolute Gasteiger partial charge is 0.358 e. The Bertz CT molecular complexity index is 267. The molecule has 0 amide bonds. The van der Waals surface area contributed by atoms with E-state index in [1.54, 1.807) is 6.92 Å². The van der Waals surface area contributed by atoms with E-state index < -0.39 is 12.0 Å². The number of nitrogens with two attached hydrogens (primary N) is 1. The summed E-state index contributed by atoms with van der Waals surface area (Å²) in [7, 11) is 0. The highest BCUT2D eigenvalue weighted by molar-refractivity contribution is 5.86. The van der Waals surface area contributed by atoms with Gasteiger partial charge in [0.1, 0.15) is 0 Å². The van der Waals surface area contributed by atoms with E-state index in [1.807, 2.05) is 0 Å². The van der Waals surface area contributed by atoms with Gasteiger partial charge in [-0.1, -0.05) is 0 Å². The van der Waals surface area contributed by atoms with Crippen molar-refractivity contribution in [3.63, 3.8) is 0 Å². The van der Waals surface area contributed by atoms with Gasteiger partial charge in [0, 0.05) is 0 Å². The summed E-state index contributed by atoms with van der Waals surface area (Å²) in [6.07, 6.45) is 1.07. The molecule has 0 spiro atoms. The van der Waals surface area contributed by atoms with Crippen LogP contribution in [0.2, 0.25) is 0 Å². The van der Waals surface area contributed by atoms with Gasteiger partial charge in [-0.15, -0.1) is 0 Å². The Morgan fingerprint density at radius 2 is 2.55 bits per heavy atom. The molecule has 0 aromatic carbocycles. The second kappa shape index (κ2) is 2.71. The number of nitrogens with zero attached hydrogens (tertiary/aromatic N) is 1. The number of carboxylic acid groups (broad SMARTS) is 1. The molecule has 0 saturated carbocycles. The number of aromatic carboxylic acids is 1. The van der Waals surface area contributed by atoms with Crippen LogP contribution in [-0.4, -0.2) is 16.1 Å². The summed E-state index contributed by atoms with van der Waals surface area (Å²) >= 11 is 0. The van der Waals surface area contributed by atoms with E-state index in [0.717, 1.165) is 6.39 Å². The van der Waals surface area contributed by atoms with Gasteiger partial charge in [0.25, 0.3) is 0 Å². The zero-order valence-corrected chi connectivity index (χ0v) is 5.94. The third kappa shape index (κ3) is 1.38. The minimum Gasteiger partial charge on any atom is -0.476 e. The largest absolute Gasteiger partial charge is 0.476 e. The minimum atomic E-state index is -1.12. The highest BCUT2D eigenvalue weighted by atomic mass is 16.4. The highest BCUT2D eigenvalue weighted by Gasteiger charge is 2.17. The molecule has 0 saturated heterocycles. The molecule has 11 heavy (non-hydrogen) atoms. The molecular weight excluding hydrogens is 148 g/mol. The number of hydrogen-bond donors (Lipinski definition) is 2. The van der Waals surface area contributed by atoms with Crippen molar-refractivity contribution in [2.45, 2.75) is 13.0 Å². The lowest BCUT2D eigenvalue weighted by atomic mass is 10.2. The lowest BCUT2D eigenvalue weighted by Crippen LogP contribution is -2.10. The van der Waals surface area contributed by atoms with E-state index in [0.29, 0.717) is 0 Å². The molecule has 1 aromatic rings. The third-order valence-electron chi connectivity index (χ3n) is 1.21. The van der Waals surface area contributed by atoms with E-state index in [-0.39, 0.29) is 11.5 Å². The van der Waals surface area contributed by atoms with Crippen LogP contribution in [0.3, 0.4) is 0 Å².